The number of hydrogen-bond acceptors (Lipinski definition) is 4. The summed E-state index contributed by atoms with van der Waals surface area (Å²) in [6.07, 6.45) is 0.895. The van der Waals surface area contributed by atoms with Crippen molar-refractivity contribution in [2.45, 2.75) is 18.2 Å². The van der Waals surface area contributed by atoms with E-state index in [0.29, 0.717) is 5.75 Å². The molecule has 2 rings (SSSR count). The Morgan fingerprint density at radius 3 is 2.29 bits per heavy atom. The molecule has 6 nitrogen and oxygen atoms in total. The summed E-state index contributed by atoms with van der Waals surface area (Å²) in [5.41, 5.74) is 3.17. The van der Waals surface area contributed by atoms with Crippen molar-refractivity contribution in [3.63, 3.8) is 0 Å². The first-order valence-electron chi connectivity index (χ1n) is 7.18. The van der Waals surface area contributed by atoms with Crippen LogP contribution in [0.5, 0.6) is 5.75 Å². The van der Waals surface area contributed by atoms with Crippen LogP contribution in [0.15, 0.2) is 53.4 Å². The smallest absolute Gasteiger partial charge is 0.272 e. The number of aryl methyl sites for hydroxylation is 1. The van der Waals surface area contributed by atoms with Crippen LogP contribution in [-0.4, -0.2) is 20.9 Å². The lowest BCUT2D eigenvalue weighted by Crippen LogP contribution is -2.43. The molecule has 0 aliphatic heterocycles. The maximum absolute atomic E-state index is 12.8. The lowest BCUT2D eigenvalue weighted by Gasteiger charge is -2.09. The van der Waals surface area contributed by atoms with Crippen molar-refractivity contribution >= 4 is 15.9 Å². The largest absolute Gasteiger partial charge is 0.484 e. The predicted octanol–water partition coefficient (Wildman–Crippen LogP) is 1.78. The molecule has 0 aliphatic carbocycles. The van der Waals surface area contributed by atoms with Crippen LogP contribution in [0.4, 0.5) is 4.39 Å². The second kappa shape index (κ2) is 7.89. The van der Waals surface area contributed by atoms with Gasteiger partial charge in [-0.2, -0.15) is 0 Å². The fourth-order valence-electron chi connectivity index (χ4n) is 1.80. The molecule has 0 radical (unpaired) electrons. The maximum atomic E-state index is 12.8. The van der Waals surface area contributed by atoms with Gasteiger partial charge in [0.1, 0.15) is 11.6 Å². The summed E-state index contributed by atoms with van der Waals surface area (Å²) < 4.78 is 41.9. The van der Waals surface area contributed by atoms with Gasteiger partial charge in [0, 0.05) is 0 Å². The summed E-state index contributed by atoms with van der Waals surface area (Å²) in [6, 6.07) is 11.4. The fraction of sp³-hybridized carbons (Fsp3) is 0.188. The first kappa shape index (κ1) is 17.9. The van der Waals surface area contributed by atoms with Crippen LogP contribution in [0.25, 0.3) is 0 Å². The first-order chi connectivity index (χ1) is 11.4. The Morgan fingerprint density at radius 2 is 1.71 bits per heavy atom. The molecule has 2 aromatic rings. The van der Waals surface area contributed by atoms with Gasteiger partial charge in [0.2, 0.25) is 0 Å². The molecule has 8 heteroatoms. The number of carbonyl (C=O) groups is 1. The van der Waals surface area contributed by atoms with E-state index in [1.807, 2.05) is 29.3 Å². The van der Waals surface area contributed by atoms with Crippen LogP contribution >= 0.6 is 0 Å². The number of hydrogen-bond donors (Lipinski definition) is 2. The van der Waals surface area contributed by atoms with Gasteiger partial charge >= 0.3 is 0 Å². The third-order valence-electron chi connectivity index (χ3n) is 3.15. The molecule has 0 heterocycles. The highest BCUT2D eigenvalue weighted by Crippen LogP contribution is 2.12. The molecule has 0 unspecified atom stereocenters. The van der Waals surface area contributed by atoms with Crippen LogP contribution in [0.2, 0.25) is 0 Å². The number of amides is 1. The van der Waals surface area contributed by atoms with Gasteiger partial charge in [-0.1, -0.05) is 19.1 Å². The number of rotatable bonds is 7. The molecule has 0 bridgehead atoms. The minimum atomic E-state index is -3.97. The summed E-state index contributed by atoms with van der Waals surface area (Å²) in [4.78, 5) is 13.4. The van der Waals surface area contributed by atoms with E-state index < -0.39 is 21.7 Å². The van der Waals surface area contributed by atoms with Crippen molar-refractivity contribution in [2.75, 3.05) is 6.61 Å². The third kappa shape index (κ3) is 5.04. The van der Waals surface area contributed by atoms with Crippen molar-refractivity contribution in [2.24, 2.45) is 0 Å². The molecule has 0 aromatic heterocycles. The van der Waals surface area contributed by atoms with Crippen LogP contribution in [-0.2, 0) is 21.2 Å². The van der Waals surface area contributed by atoms with Gasteiger partial charge in [-0.05, 0) is 48.4 Å². The second-order valence-corrected chi connectivity index (χ2v) is 6.58. The Hall–Kier alpha value is -2.45. The Labute approximate surface area is 139 Å². The highest BCUT2D eigenvalue weighted by Gasteiger charge is 2.15. The van der Waals surface area contributed by atoms with E-state index in [0.717, 1.165) is 36.2 Å². The van der Waals surface area contributed by atoms with Crippen LogP contribution in [0.3, 0.4) is 0 Å². The molecule has 0 saturated carbocycles. The van der Waals surface area contributed by atoms with E-state index in [1.165, 1.54) is 0 Å². The summed E-state index contributed by atoms with van der Waals surface area (Å²) >= 11 is 0. The molecule has 0 atom stereocenters. The minimum Gasteiger partial charge on any atom is -0.484 e. The van der Waals surface area contributed by atoms with Gasteiger partial charge in [0.05, 0.1) is 4.90 Å². The zero-order valence-electron chi connectivity index (χ0n) is 13.0. The molecule has 2 N–H and O–H groups in total. The number of benzene rings is 2. The van der Waals surface area contributed by atoms with E-state index in [1.54, 1.807) is 12.1 Å². The van der Waals surface area contributed by atoms with Crippen LogP contribution < -0.4 is 15.0 Å². The van der Waals surface area contributed by atoms with Gasteiger partial charge in [0.15, 0.2) is 6.61 Å². The van der Waals surface area contributed by atoms with E-state index >= 15 is 0 Å². The lowest BCUT2D eigenvalue weighted by molar-refractivity contribution is -0.123. The normalized spacial score (nSPS) is 11.1. The van der Waals surface area contributed by atoms with E-state index in [4.69, 9.17) is 4.74 Å². The maximum Gasteiger partial charge on any atom is 0.272 e. The molecule has 2 aromatic carbocycles. The van der Waals surface area contributed by atoms with Gasteiger partial charge < -0.3 is 4.74 Å². The molecule has 0 spiro atoms. The van der Waals surface area contributed by atoms with Gasteiger partial charge in [-0.3, -0.25) is 10.2 Å². The van der Waals surface area contributed by atoms with Crippen molar-refractivity contribution in [3.05, 3.63) is 59.9 Å². The van der Waals surface area contributed by atoms with Crippen molar-refractivity contribution in [1.82, 2.24) is 10.3 Å². The number of sulfonamides is 1. The highest BCUT2D eigenvalue weighted by atomic mass is 32.2. The molecule has 128 valence electrons. The fourth-order valence-corrected chi connectivity index (χ4v) is 2.66. The highest BCUT2D eigenvalue weighted by molar-refractivity contribution is 7.89. The average molecular weight is 352 g/mol. The van der Waals surface area contributed by atoms with Crippen molar-refractivity contribution in [1.29, 1.82) is 0 Å². The number of ether oxygens (including phenoxy) is 1. The minimum absolute atomic E-state index is 0.166. The zero-order chi connectivity index (χ0) is 17.6. The number of halogens is 1. The SMILES string of the molecule is CCc1ccc(OCC(=O)NNS(=O)(=O)c2ccc(F)cc2)cc1. The monoisotopic (exact) mass is 352 g/mol. The van der Waals surface area contributed by atoms with E-state index in [-0.39, 0.29) is 11.5 Å². The predicted molar refractivity (Wildman–Crippen MR) is 86.2 cm³/mol. The lowest BCUT2D eigenvalue weighted by atomic mass is 10.2. The zero-order valence-corrected chi connectivity index (χ0v) is 13.8. The number of hydrazine groups is 1. The first-order valence-corrected chi connectivity index (χ1v) is 8.67. The molecule has 0 fully saturated rings. The molecule has 24 heavy (non-hydrogen) atoms. The Morgan fingerprint density at radius 1 is 1.08 bits per heavy atom. The quantitative estimate of drug-likeness (QED) is 0.744. The van der Waals surface area contributed by atoms with Gasteiger partial charge in [0.25, 0.3) is 15.9 Å². The Balaban J connectivity index is 1.84. The molecular formula is C16H17FN2O4S. The van der Waals surface area contributed by atoms with Crippen molar-refractivity contribution in [3.8, 4) is 5.75 Å². The summed E-state index contributed by atoms with van der Waals surface area (Å²) in [6.45, 7) is 1.67. The van der Waals surface area contributed by atoms with E-state index in [2.05, 4.69) is 0 Å². The third-order valence-corrected chi connectivity index (χ3v) is 4.41. The molecule has 0 aliphatic rings. The van der Waals surface area contributed by atoms with Crippen molar-refractivity contribution < 1.29 is 22.3 Å². The second-order valence-electron chi connectivity index (χ2n) is 4.89. The Kier molecular flexibility index (Phi) is 5.88. The Bertz CT molecular complexity index is 790. The van der Waals surface area contributed by atoms with Gasteiger partial charge in [-0.25, -0.2) is 12.8 Å². The summed E-state index contributed by atoms with van der Waals surface area (Å²) in [7, 11) is -3.97. The van der Waals surface area contributed by atoms with Gasteiger partial charge in [-0.15, -0.1) is 4.83 Å². The van der Waals surface area contributed by atoms with Crippen LogP contribution in [0, 0.1) is 5.82 Å². The summed E-state index contributed by atoms with van der Waals surface area (Å²) in [5.74, 6) is -0.718. The topological polar surface area (TPSA) is 84.5 Å². The number of carbonyl (C=O) groups excluding carboxylic acids is 1. The van der Waals surface area contributed by atoms with Crippen LogP contribution in [0.1, 0.15) is 12.5 Å². The number of nitrogens with one attached hydrogen (secondary N) is 2. The average Bonchev–Trinajstić information content (AvgIpc) is 2.59. The van der Waals surface area contributed by atoms with E-state index in [9.17, 15) is 17.6 Å². The standard InChI is InChI=1S/C16H17FN2O4S/c1-2-12-3-7-14(8-4-12)23-11-16(20)18-19-24(21,22)15-9-5-13(17)6-10-15/h3-10,19H,2,11H2,1H3,(H,18,20). The summed E-state index contributed by atoms with van der Waals surface area (Å²) in [5, 5.41) is 0. The molecule has 1 amide bonds. The molecule has 0 saturated heterocycles. The molecular weight excluding hydrogens is 335 g/mol.